The van der Waals surface area contributed by atoms with Gasteiger partial charge in [0.2, 0.25) is 17.5 Å². The highest BCUT2D eigenvalue weighted by molar-refractivity contribution is 6.53. The number of rotatable bonds is 1. The van der Waals surface area contributed by atoms with Crippen molar-refractivity contribution < 1.29 is 14.4 Å². The summed E-state index contributed by atoms with van der Waals surface area (Å²) in [7, 11) is 0. The summed E-state index contributed by atoms with van der Waals surface area (Å²) < 4.78 is 0. The molecule has 2 aromatic rings. The fraction of sp³-hybridized carbons (Fsp3) is 0.105. The summed E-state index contributed by atoms with van der Waals surface area (Å²) in [5.41, 5.74) is 2.54. The van der Waals surface area contributed by atoms with Gasteiger partial charge in [-0.05, 0) is 17.7 Å². The zero-order valence-corrected chi connectivity index (χ0v) is 13.3. The van der Waals surface area contributed by atoms with E-state index in [1.54, 1.807) is 48.5 Å². The lowest BCUT2D eigenvalue weighted by molar-refractivity contribution is -0.120. The van der Waals surface area contributed by atoms with E-state index in [4.69, 9.17) is 11.6 Å². The number of benzene rings is 2. The first-order chi connectivity index (χ1) is 11.6. The number of allylic oxidation sites excluding steroid dienone is 1. The van der Waals surface area contributed by atoms with Gasteiger partial charge in [-0.25, -0.2) is 0 Å². The lowest BCUT2D eigenvalue weighted by Gasteiger charge is -2.31. The van der Waals surface area contributed by atoms with Crippen molar-refractivity contribution >= 4 is 34.8 Å². The Morgan fingerprint density at radius 1 is 0.875 bits per heavy atom. The van der Waals surface area contributed by atoms with Gasteiger partial charge in [0.1, 0.15) is 0 Å². The van der Waals surface area contributed by atoms with Crippen LogP contribution in [-0.2, 0) is 9.59 Å². The minimum atomic E-state index is -0.552. The van der Waals surface area contributed by atoms with Crippen molar-refractivity contribution in [2.24, 2.45) is 0 Å². The maximum atomic E-state index is 12.7. The van der Waals surface area contributed by atoms with Crippen LogP contribution in [0.1, 0.15) is 33.8 Å². The van der Waals surface area contributed by atoms with Gasteiger partial charge in [-0.2, -0.15) is 0 Å². The average molecular weight is 338 g/mol. The van der Waals surface area contributed by atoms with E-state index in [9.17, 15) is 14.4 Å². The van der Waals surface area contributed by atoms with Gasteiger partial charge in [0.05, 0.1) is 5.70 Å². The van der Waals surface area contributed by atoms with Crippen molar-refractivity contribution in [3.05, 3.63) is 75.8 Å². The largest absolute Gasteiger partial charge is 0.325 e. The third-order valence-corrected chi connectivity index (χ3v) is 4.69. The summed E-state index contributed by atoms with van der Waals surface area (Å²) in [6, 6.07) is 13.8. The Morgan fingerprint density at radius 3 is 2.25 bits per heavy atom. The van der Waals surface area contributed by atoms with Crippen LogP contribution in [0.5, 0.6) is 0 Å². The topological polar surface area (TPSA) is 63.2 Å². The zero-order valence-electron chi connectivity index (χ0n) is 12.5. The van der Waals surface area contributed by atoms with E-state index in [0.717, 1.165) is 5.56 Å². The van der Waals surface area contributed by atoms with Gasteiger partial charge in [-0.1, -0.05) is 48.0 Å². The highest BCUT2D eigenvalue weighted by atomic mass is 35.5. The van der Waals surface area contributed by atoms with Gasteiger partial charge in [-0.15, -0.1) is 0 Å². The molecule has 0 spiro atoms. The Balaban J connectivity index is 1.95. The van der Waals surface area contributed by atoms with Gasteiger partial charge in [0.25, 0.3) is 0 Å². The number of fused-ring (bicyclic) bond motifs is 2. The number of hydrogen-bond acceptors (Lipinski definition) is 3. The van der Waals surface area contributed by atoms with Gasteiger partial charge < -0.3 is 5.32 Å². The first kappa shape index (κ1) is 14.8. The zero-order chi connectivity index (χ0) is 16.8. The molecule has 0 fully saturated rings. The number of ketones is 2. The van der Waals surface area contributed by atoms with Crippen LogP contribution in [0.25, 0.3) is 5.70 Å². The summed E-state index contributed by atoms with van der Waals surface area (Å²) in [5, 5.41) is 3.35. The Hall–Kier alpha value is -2.72. The number of amides is 1. The molecule has 4 rings (SSSR count). The Kier molecular flexibility index (Phi) is 3.36. The monoisotopic (exact) mass is 337 g/mol. The van der Waals surface area contributed by atoms with Crippen LogP contribution in [0.3, 0.4) is 0 Å². The smallest absolute Gasteiger partial charge is 0.233 e. The predicted octanol–water partition coefficient (Wildman–Crippen LogP) is 3.12. The highest BCUT2D eigenvalue weighted by Crippen LogP contribution is 2.40. The Morgan fingerprint density at radius 2 is 1.54 bits per heavy atom. The molecule has 0 bridgehead atoms. The van der Waals surface area contributed by atoms with Crippen molar-refractivity contribution in [1.82, 2.24) is 5.32 Å². The van der Waals surface area contributed by atoms with E-state index < -0.39 is 17.5 Å². The molecule has 1 aliphatic carbocycles. The van der Waals surface area contributed by atoms with Crippen LogP contribution in [0.4, 0.5) is 0 Å². The molecule has 24 heavy (non-hydrogen) atoms. The van der Waals surface area contributed by atoms with Gasteiger partial charge in [-0.3, -0.25) is 14.4 Å². The maximum absolute atomic E-state index is 12.7. The first-order valence-electron chi connectivity index (χ1n) is 7.54. The van der Waals surface area contributed by atoms with Crippen molar-refractivity contribution in [2.45, 2.75) is 12.3 Å². The van der Waals surface area contributed by atoms with Gasteiger partial charge in [0.15, 0.2) is 0 Å². The minimum Gasteiger partial charge on any atom is -0.325 e. The molecule has 118 valence electrons. The summed E-state index contributed by atoms with van der Waals surface area (Å²) in [4.78, 5) is 37.4. The number of carbonyl (C=O) groups excluding carboxylic acids is 3. The van der Waals surface area contributed by atoms with Gasteiger partial charge >= 0.3 is 0 Å². The molecule has 2 aliphatic rings. The molecule has 1 atom stereocenters. The molecule has 1 unspecified atom stereocenters. The first-order valence-corrected chi connectivity index (χ1v) is 7.92. The molecule has 5 heteroatoms. The molecular weight excluding hydrogens is 326 g/mol. The number of carbonyl (C=O) groups is 3. The lowest BCUT2D eigenvalue weighted by Crippen LogP contribution is -2.39. The summed E-state index contributed by atoms with van der Waals surface area (Å²) in [6.07, 6.45) is 0.127. The van der Waals surface area contributed by atoms with E-state index in [1.165, 1.54) is 0 Å². The van der Waals surface area contributed by atoms with Crippen molar-refractivity contribution in [3.8, 4) is 0 Å². The van der Waals surface area contributed by atoms with Crippen LogP contribution in [0.15, 0.2) is 54.1 Å². The van der Waals surface area contributed by atoms with Crippen LogP contribution >= 0.6 is 11.6 Å². The van der Waals surface area contributed by atoms with Crippen LogP contribution in [-0.4, -0.2) is 17.5 Å². The number of hydrogen-bond donors (Lipinski definition) is 1. The van der Waals surface area contributed by atoms with E-state index in [2.05, 4.69) is 5.32 Å². The molecule has 0 saturated carbocycles. The molecule has 1 heterocycles. The summed E-state index contributed by atoms with van der Waals surface area (Å²) >= 11 is 5.92. The number of nitrogens with one attached hydrogen (secondary N) is 1. The van der Waals surface area contributed by atoms with Crippen LogP contribution in [0.2, 0.25) is 5.02 Å². The Bertz CT molecular complexity index is 928. The Labute approximate surface area is 143 Å². The van der Waals surface area contributed by atoms with E-state index in [1.807, 2.05) is 0 Å². The normalized spacial score (nSPS) is 19.7. The maximum Gasteiger partial charge on any atom is 0.233 e. The van der Waals surface area contributed by atoms with Crippen molar-refractivity contribution in [2.75, 3.05) is 0 Å². The summed E-state index contributed by atoms with van der Waals surface area (Å²) in [5.74, 6) is -1.70. The SMILES string of the molecule is O=C1CC(c2ccc(Cl)cc2)C2=C(N1)c1ccccc1C(=O)C2=O. The van der Waals surface area contributed by atoms with Crippen molar-refractivity contribution in [3.63, 3.8) is 0 Å². The second-order valence-corrected chi connectivity index (χ2v) is 6.29. The predicted molar refractivity (Wildman–Crippen MR) is 89.7 cm³/mol. The molecule has 1 aliphatic heterocycles. The minimum absolute atomic E-state index is 0.127. The highest BCUT2D eigenvalue weighted by Gasteiger charge is 2.41. The second-order valence-electron chi connectivity index (χ2n) is 5.85. The molecule has 1 amide bonds. The van der Waals surface area contributed by atoms with Gasteiger partial charge in [0, 0.05) is 34.1 Å². The standard InChI is InChI=1S/C19H12ClNO3/c20-11-7-5-10(6-8-11)14-9-15(22)21-17-12-3-1-2-4-13(12)18(23)19(24)16(14)17/h1-8,14H,9H2,(H,21,22). The van der Waals surface area contributed by atoms with E-state index >= 15 is 0 Å². The number of Topliss-reactive ketones (excluding diaryl/α,β-unsaturated/α-hetero) is 2. The van der Waals surface area contributed by atoms with Crippen LogP contribution < -0.4 is 5.32 Å². The number of halogens is 1. The molecule has 0 radical (unpaired) electrons. The molecule has 0 saturated heterocycles. The molecular formula is C19H12ClNO3. The van der Waals surface area contributed by atoms with E-state index in [0.29, 0.717) is 27.4 Å². The quantitative estimate of drug-likeness (QED) is 0.813. The lowest BCUT2D eigenvalue weighted by atomic mass is 9.75. The molecule has 2 aromatic carbocycles. The van der Waals surface area contributed by atoms with Crippen LogP contribution in [0, 0.1) is 0 Å². The molecule has 4 nitrogen and oxygen atoms in total. The second kappa shape index (κ2) is 5.42. The summed E-state index contributed by atoms with van der Waals surface area (Å²) in [6.45, 7) is 0. The van der Waals surface area contributed by atoms with Crippen molar-refractivity contribution in [1.29, 1.82) is 0 Å². The molecule has 1 N–H and O–H groups in total. The molecule has 0 aromatic heterocycles. The third kappa shape index (κ3) is 2.19. The fourth-order valence-electron chi connectivity index (χ4n) is 3.33. The third-order valence-electron chi connectivity index (χ3n) is 4.44. The average Bonchev–Trinajstić information content (AvgIpc) is 2.59. The van der Waals surface area contributed by atoms with E-state index in [-0.39, 0.29) is 12.3 Å². The fourth-order valence-corrected chi connectivity index (χ4v) is 3.45.